The molecule has 0 bridgehead atoms. The van der Waals surface area contributed by atoms with Gasteiger partial charge in [-0.1, -0.05) is 12.1 Å². The minimum atomic E-state index is -0.492. The number of morpholine rings is 1. The third kappa shape index (κ3) is 4.10. The van der Waals surface area contributed by atoms with Crippen molar-refractivity contribution in [3.05, 3.63) is 53.2 Å². The fourth-order valence-electron chi connectivity index (χ4n) is 2.70. The van der Waals surface area contributed by atoms with Gasteiger partial charge in [0.05, 0.1) is 18.8 Å². The second-order valence-electron chi connectivity index (χ2n) is 5.92. The van der Waals surface area contributed by atoms with Gasteiger partial charge in [-0.2, -0.15) is 0 Å². The zero-order chi connectivity index (χ0) is 16.9. The van der Waals surface area contributed by atoms with Crippen LogP contribution in [0.1, 0.15) is 21.6 Å². The van der Waals surface area contributed by atoms with E-state index in [0.717, 1.165) is 44.2 Å². The number of hydrogen-bond donors (Lipinski definition) is 2. The summed E-state index contributed by atoms with van der Waals surface area (Å²) in [4.78, 5) is 18.3. The number of rotatable bonds is 5. The smallest absolute Gasteiger partial charge is 0.252 e. The van der Waals surface area contributed by atoms with Gasteiger partial charge in [-0.3, -0.25) is 9.69 Å². The molecule has 1 fully saturated rings. The van der Waals surface area contributed by atoms with E-state index in [4.69, 9.17) is 10.5 Å². The summed E-state index contributed by atoms with van der Waals surface area (Å²) in [7, 11) is 0. The maximum absolute atomic E-state index is 11.5. The molecule has 24 heavy (non-hydrogen) atoms. The molecular formula is C18H22N4O2. The van der Waals surface area contributed by atoms with Crippen LogP contribution in [0.2, 0.25) is 0 Å². The summed E-state index contributed by atoms with van der Waals surface area (Å²) in [6.07, 6.45) is 0. The van der Waals surface area contributed by atoms with Gasteiger partial charge in [0.1, 0.15) is 5.82 Å². The molecular weight excluding hydrogens is 304 g/mol. The Hall–Kier alpha value is -2.44. The molecule has 2 heterocycles. The number of nitrogens with two attached hydrogens (primary N) is 1. The highest BCUT2D eigenvalue weighted by molar-refractivity contribution is 5.98. The molecule has 2 aromatic rings. The standard InChI is InChI=1S/C18H22N4O2/c1-13-2-7-16(17(19)23)18(20-13)21-15-5-3-14(4-6-15)12-22-8-10-24-11-9-22/h2-7H,8-12H2,1H3,(H2,19,23)(H,20,21). The number of amides is 1. The lowest BCUT2D eigenvalue weighted by Crippen LogP contribution is -2.35. The second kappa shape index (κ2) is 7.42. The zero-order valence-electron chi connectivity index (χ0n) is 13.8. The fraction of sp³-hybridized carbons (Fsp3) is 0.333. The summed E-state index contributed by atoms with van der Waals surface area (Å²) >= 11 is 0. The van der Waals surface area contributed by atoms with E-state index >= 15 is 0 Å². The molecule has 1 aromatic carbocycles. The summed E-state index contributed by atoms with van der Waals surface area (Å²) in [5.74, 6) is -0.00244. The van der Waals surface area contributed by atoms with E-state index in [1.165, 1.54) is 5.56 Å². The molecule has 0 unspecified atom stereocenters. The van der Waals surface area contributed by atoms with Gasteiger partial charge >= 0.3 is 0 Å². The lowest BCUT2D eigenvalue weighted by Gasteiger charge is -2.26. The number of carbonyl (C=O) groups excluding carboxylic acids is 1. The van der Waals surface area contributed by atoms with Crippen molar-refractivity contribution in [2.75, 3.05) is 31.6 Å². The molecule has 3 rings (SSSR count). The van der Waals surface area contributed by atoms with Gasteiger partial charge in [-0.05, 0) is 36.8 Å². The highest BCUT2D eigenvalue weighted by Crippen LogP contribution is 2.20. The van der Waals surface area contributed by atoms with Crippen molar-refractivity contribution >= 4 is 17.4 Å². The summed E-state index contributed by atoms with van der Waals surface area (Å²) in [6, 6.07) is 11.6. The van der Waals surface area contributed by atoms with Crippen LogP contribution >= 0.6 is 0 Å². The highest BCUT2D eigenvalue weighted by atomic mass is 16.5. The molecule has 0 atom stereocenters. The molecule has 1 aliphatic heterocycles. The van der Waals surface area contributed by atoms with E-state index in [9.17, 15) is 4.79 Å². The Morgan fingerprint density at radius 3 is 2.58 bits per heavy atom. The van der Waals surface area contributed by atoms with Gasteiger partial charge in [-0.15, -0.1) is 0 Å². The van der Waals surface area contributed by atoms with Crippen LogP contribution in [0.3, 0.4) is 0 Å². The van der Waals surface area contributed by atoms with Gasteiger partial charge in [0.2, 0.25) is 0 Å². The Morgan fingerprint density at radius 1 is 1.21 bits per heavy atom. The average Bonchev–Trinajstić information content (AvgIpc) is 2.57. The Labute approximate surface area is 141 Å². The first kappa shape index (κ1) is 16.4. The molecule has 0 radical (unpaired) electrons. The highest BCUT2D eigenvalue weighted by Gasteiger charge is 2.12. The Balaban J connectivity index is 1.70. The van der Waals surface area contributed by atoms with Crippen molar-refractivity contribution in [3.8, 4) is 0 Å². The topological polar surface area (TPSA) is 80.5 Å². The second-order valence-corrected chi connectivity index (χ2v) is 5.92. The number of benzene rings is 1. The Kier molecular flexibility index (Phi) is 5.08. The number of aromatic nitrogens is 1. The number of pyridine rings is 1. The van der Waals surface area contributed by atoms with Crippen molar-refractivity contribution in [1.29, 1.82) is 0 Å². The molecule has 6 heteroatoms. The van der Waals surface area contributed by atoms with Crippen molar-refractivity contribution in [1.82, 2.24) is 9.88 Å². The van der Waals surface area contributed by atoms with Crippen molar-refractivity contribution in [3.63, 3.8) is 0 Å². The number of nitrogens with one attached hydrogen (secondary N) is 1. The lowest BCUT2D eigenvalue weighted by molar-refractivity contribution is 0.0342. The number of primary amides is 1. The molecule has 1 saturated heterocycles. The number of anilines is 2. The summed E-state index contributed by atoms with van der Waals surface area (Å²) in [5.41, 5.74) is 8.75. The van der Waals surface area contributed by atoms with Crippen LogP contribution in [0.5, 0.6) is 0 Å². The minimum Gasteiger partial charge on any atom is -0.379 e. The SMILES string of the molecule is Cc1ccc(C(N)=O)c(Nc2ccc(CN3CCOCC3)cc2)n1. The molecule has 3 N–H and O–H groups in total. The number of nitrogens with zero attached hydrogens (tertiary/aromatic N) is 2. The first-order valence-corrected chi connectivity index (χ1v) is 8.05. The Morgan fingerprint density at radius 2 is 1.92 bits per heavy atom. The maximum Gasteiger partial charge on any atom is 0.252 e. The molecule has 126 valence electrons. The molecule has 0 saturated carbocycles. The van der Waals surface area contributed by atoms with E-state index < -0.39 is 5.91 Å². The van der Waals surface area contributed by atoms with Crippen LogP contribution in [-0.4, -0.2) is 42.1 Å². The normalized spacial score (nSPS) is 15.2. The van der Waals surface area contributed by atoms with E-state index in [1.54, 1.807) is 12.1 Å². The van der Waals surface area contributed by atoms with Crippen LogP contribution in [0, 0.1) is 6.92 Å². The Bertz CT molecular complexity index is 709. The van der Waals surface area contributed by atoms with Gasteiger partial charge in [0.15, 0.2) is 0 Å². The van der Waals surface area contributed by atoms with Crippen LogP contribution < -0.4 is 11.1 Å². The van der Waals surface area contributed by atoms with E-state index in [1.807, 2.05) is 19.1 Å². The van der Waals surface area contributed by atoms with E-state index in [2.05, 4.69) is 27.3 Å². The van der Waals surface area contributed by atoms with E-state index in [0.29, 0.717) is 11.4 Å². The largest absolute Gasteiger partial charge is 0.379 e. The van der Waals surface area contributed by atoms with Crippen LogP contribution in [0.15, 0.2) is 36.4 Å². The number of ether oxygens (including phenoxy) is 1. The number of carbonyl (C=O) groups is 1. The lowest BCUT2D eigenvalue weighted by atomic mass is 10.1. The third-order valence-corrected chi connectivity index (χ3v) is 4.03. The van der Waals surface area contributed by atoms with Crippen LogP contribution in [0.4, 0.5) is 11.5 Å². The molecule has 0 aliphatic carbocycles. The van der Waals surface area contributed by atoms with Gasteiger partial charge in [0.25, 0.3) is 5.91 Å². The van der Waals surface area contributed by atoms with Crippen molar-refractivity contribution in [2.24, 2.45) is 5.73 Å². The predicted octanol–water partition coefficient (Wildman–Crippen LogP) is 2.06. The number of hydrogen-bond acceptors (Lipinski definition) is 5. The van der Waals surface area contributed by atoms with Gasteiger partial charge < -0.3 is 15.8 Å². The minimum absolute atomic E-state index is 0.387. The fourth-order valence-corrected chi connectivity index (χ4v) is 2.70. The maximum atomic E-state index is 11.5. The first-order valence-electron chi connectivity index (χ1n) is 8.05. The quantitative estimate of drug-likeness (QED) is 0.879. The predicted molar refractivity (Wildman–Crippen MR) is 93.3 cm³/mol. The summed E-state index contributed by atoms with van der Waals surface area (Å²) in [5, 5.41) is 3.18. The number of aryl methyl sites for hydroxylation is 1. The zero-order valence-corrected chi connectivity index (χ0v) is 13.8. The average molecular weight is 326 g/mol. The van der Waals surface area contributed by atoms with E-state index in [-0.39, 0.29) is 0 Å². The van der Waals surface area contributed by atoms with Crippen molar-refractivity contribution < 1.29 is 9.53 Å². The molecule has 1 aromatic heterocycles. The van der Waals surface area contributed by atoms with Crippen LogP contribution in [-0.2, 0) is 11.3 Å². The first-order chi connectivity index (χ1) is 11.6. The van der Waals surface area contributed by atoms with Gasteiger partial charge in [0, 0.05) is 31.0 Å². The molecule has 0 spiro atoms. The van der Waals surface area contributed by atoms with Gasteiger partial charge in [-0.25, -0.2) is 4.98 Å². The third-order valence-electron chi connectivity index (χ3n) is 4.03. The monoisotopic (exact) mass is 326 g/mol. The molecule has 1 aliphatic rings. The van der Waals surface area contributed by atoms with Crippen LogP contribution in [0.25, 0.3) is 0 Å². The summed E-state index contributed by atoms with van der Waals surface area (Å²) < 4.78 is 5.37. The molecule has 1 amide bonds. The molecule has 6 nitrogen and oxygen atoms in total. The van der Waals surface area contributed by atoms with Crippen molar-refractivity contribution in [2.45, 2.75) is 13.5 Å². The summed E-state index contributed by atoms with van der Waals surface area (Å²) in [6.45, 7) is 6.33.